The monoisotopic (exact) mass is 363 g/mol. The van der Waals surface area contributed by atoms with E-state index in [1.165, 1.54) is 0 Å². The summed E-state index contributed by atoms with van der Waals surface area (Å²) in [5.41, 5.74) is 0.937. The van der Waals surface area contributed by atoms with E-state index in [-0.39, 0.29) is 5.91 Å². The lowest BCUT2D eigenvalue weighted by molar-refractivity contribution is -0.137. The van der Waals surface area contributed by atoms with E-state index in [9.17, 15) is 4.79 Å². The summed E-state index contributed by atoms with van der Waals surface area (Å²) in [6.07, 6.45) is -0.605. The molecule has 0 heterocycles. The van der Waals surface area contributed by atoms with Gasteiger partial charge in [0.2, 0.25) is 0 Å². The molecule has 1 unspecified atom stereocenters. The van der Waals surface area contributed by atoms with E-state index < -0.39 is 6.10 Å². The number of carbonyl (C=O) groups excluding carboxylic acids is 1. The summed E-state index contributed by atoms with van der Waals surface area (Å²) >= 11 is 5.85. The van der Waals surface area contributed by atoms with Crippen LogP contribution in [0.4, 0.5) is 0 Å². The van der Waals surface area contributed by atoms with E-state index in [0.717, 1.165) is 5.56 Å². The number of carbonyl (C=O) groups is 1. The number of hydrogen-bond acceptors (Lipinski definition) is 4. The highest BCUT2D eigenvalue weighted by molar-refractivity contribution is 6.30. The van der Waals surface area contributed by atoms with Crippen molar-refractivity contribution in [3.8, 4) is 17.2 Å². The minimum atomic E-state index is -0.605. The maximum absolute atomic E-state index is 12.5. The zero-order valence-electron chi connectivity index (χ0n) is 14.8. The van der Waals surface area contributed by atoms with E-state index in [4.69, 9.17) is 25.8 Å². The molecule has 0 bridgehead atoms. The molecule has 6 heteroatoms. The average molecular weight is 364 g/mol. The first-order chi connectivity index (χ1) is 11.9. The number of amides is 1. The molecule has 1 atom stereocenters. The molecule has 2 rings (SSSR count). The van der Waals surface area contributed by atoms with Crippen LogP contribution in [0.3, 0.4) is 0 Å². The van der Waals surface area contributed by atoms with Gasteiger partial charge in [-0.3, -0.25) is 4.79 Å². The molecular weight excluding hydrogens is 342 g/mol. The van der Waals surface area contributed by atoms with E-state index in [2.05, 4.69) is 0 Å². The minimum Gasteiger partial charge on any atom is -0.493 e. The lowest BCUT2D eigenvalue weighted by Gasteiger charge is -2.22. The minimum absolute atomic E-state index is 0.121. The van der Waals surface area contributed by atoms with E-state index in [1.807, 2.05) is 18.2 Å². The summed E-state index contributed by atoms with van der Waals surface area (Å²) in [5.74, 6) is 1.76. The molecule has 1 amide bonds. The number of rotatable bonds is 7. The van der Waals surface area contributed by atoms with Crippen molar-refractivity contribution >= 4 is 17.5 Å². The van der Waals surface area contributed by atoms with Crippen molar-refractivity contribution in [2.24, 2.45) is 0 Å². The highest BCUT2D eigenvalue weighted by Crippen LogP contribution is 2.28. The summed E-state index contributed by atoms with van der Waals surface area (Å²) < 4.78 is 16.2. The number of methoxy groups -OCH3 is 2. The Bertz CT molecular complexity index is 718. The van der Waals surface area contributed by atoms with Crippen molar-refractivity contribution in [3.05, 3.63) is 53.1 Å². The molecule has 2 aromatic rings. The van der Waals surface area contributed by atoms with Gasteiger partial charge < -0.3 is 19.1 Å². The molecule has 0 aromatic heterocycles. The fraction of sp³-hybridized carbons (Fsp3) is 0.316. The summed E-state index contributed by atoms with van der Waals surface area (Å²) in [4.78, 5) is 14.1. The Labute approximate surface area is 153 Å². The van der Waals surface area contributed by atoms with Gasteiger partial charge in [0.05, 0.1) is 14.2 Å². The van der Waals surface area contributed by atoms with Gasteiger partial charge in [0.15, 0.2) is 17.6 Å². The molecule has 0 aliphatic rings. The first kappa shape index (κ1) is 18.9. The standard InChI is InChI=1S/C19H22ClNO4/c1-13(25-16-8-6-15(20)7-9-16)19(22)21(2)12-14-5-10-17(23-3)18(11-14)24-4/h5-11,13H,12H2,1-4H3. The van der Waals surface area contributed by atoms with Crippen LogP contribution in [0.25, 0.3) is 0 Å². The Morgan fingerprint density at radius 1 is 1.08 bits per heavy atom. The Balaban J connectivity index is 2.00. The van der Waals surface area contributed by atoms with Gasteiger partial charge in [-0.25, -0.2) is 0 Å². The second-order valence-corrected chi connectivity index (χ2v) is 6.03. The number of halogens is 1. The fourth-order valence-corrected chi connectivity index (χ4v) is 2.53. The lowest BCUT2D eigenvalue weighted by atomic mass is 10.2. The van der Waals surface area contributed by atoms with Crippen LogP contribution in [0.1, 0.15) is 12.5 Å². The fourth-order valence-electron chi connectivity index (χ4n) is 2.41. The molecule has 0 saturated heterocycles. The Morgan fingerprint density at radius 2 is 1.72 bits per heavy atom. The molecule has 134 valence electrons. The van der Waals surface area contributed by atoms with Crippen LogP contribution in [0.5, 0.6) is 17.2 Å². The highest BCUT2D eigenvalue weighted by Gasteiger charge is 2.20. The van der Waals surface area contributed by atoms with Crippen LogP contribution in [0.15, 0.2) is 42.5 Å². The van der Waals surface area contributed by atoms with Crippen LogP contribution in [0, 0.1) is 0 Å². The third-order valence-electron chi connectivity index (χ3n) is 3.72. The molecular formula is C19H22ClNO4. The van der Waals surface area contributed by atoms with Crippen LogP contribution in [-0.4, -0.2) is 38.2 Å². The number of hydrogen-bond donors (Lipinski definition) is 0. The van der Waals surface area contributed by atoms with Crippen molar-refractivity contribution in [2.75, 3.05) is 21.3 Å². The summed E-state index contributed by atoms with van der Waals surface area (Å²) in [6, 6.07) is 12.5. The van der Waals surface area contributed by atoms with Crippen LogP contribution < -0.4 is 14.2 Å². The molecule has 0 spiro atoms. The first-order valence-corrected chi connectivity index (χ1v) is 8.20. The van der Waals surface area contributed by atoms with Crippen molar-refractivity contribution < 1.29 is 19.0 Å². The zero-order valence-corrected chi connectivity index (χ0v) is 15.5. The molecule has 0 saturated carbocycles. The van der Waals surface area contributed by atoms with Gasteiger partial charge in [0.25, 0.3) is 5.91 Å². The molecule has 0 aliphatic heterocycles. The van der Waals surface area contributed by atoms with Crippen molar-refractivity contribution in [3.63, 3.8) is 0 Å². The van der Waals surface area contributed by atoms with Gasteiger partial charge in [-0.15, -0.1) is 0 Å². The van der Waals surface area contributed by atoms with Crippen LogP contribution >= 0.6 is 11.6 Å². The van der Waals surface area contributed by atoms with Crippen LogP contribution in [-0.2, 0) is 11.3 Å². The number of likely N-dealkylation sites (N-methyl/N-ethyl adjacent to an activating group) is 1. The summed E-state index contributed by atoms with van der Waals surface area (Å²) in [5, 5.41) is 0.622. The molecule has 0 fully saturated rings. The average Bonchev–Trinajstić information content (AvgIpc) is 2.62. The number of benzene rings is 2. The van der Waals surface area contributed by atoms with Gasteiger partial charge >= 0.3 is 0 Å². The summed E-state index contributed by atoms with van der Waals surface area (Å²) in [7, 11) is 4.91. The SMILES string of the molecule is COc1ccc(CN(C)C(=O)C(C)Oc2ccc(Cl)cc2)cc1OC. The van der Waals surface area contributed by atoms with Crippen molar-refractivity contribution in [1.29, 1.82) is 0 Å². The predicted molar refractivity (Wildman–Crippen MR) is 97.6 cm³/mol. The van der Waals surface area contributed by atoms with E-state index >= 15 is 0 Å². The van der Waals surface area contributed by atoms with Gasteiger partial charge in [-0.05, 0) is 48.9 Å². The smallest absolute Gasteiger partial charge is 0.263 e. The van der Waals surface area contributed by atoms with Gasteiger partial charge in [0.1, 0.15) is 5.75 Å². The van der Waals surface area contributed by atoms with E-state index in [1.54, 1.807) is 57.4 Å². The van der Waals surface area contributed by atoms with Crippen LogP contribution in [0.2, 0.25) is 5.02 Å². The Kier molecular flexibility index (Phi) is 6.53. The first-order valence-electron chi connectivity index (χ1n) is 7.82. The second kappa shape index (κ2) is 8.62. The van der Waals surface area contributed by atoms with Crippen molar-refractivity contribution in [2.45, 2.75) is 19.6 Å². The van der Waals surface area contributed by atoms with Crippen molar-refractivity contribution in [1.82, 2.24) is 4.90 Å². The third kappa shape index (κ3) is 5.03. The molecule has 0 aliphatic carbocycles. The quantitative estimate of drug-likeness (QED) is 0.751. The normalized spacial score (nSPS) is 11.6. The highest BCUT2D eigenvalue weighted by atomic mass is 35.5. The molecule has 5 nitrogen and oxygen atoms in total. The van der Waals surface area contributed by atoms with Gasteiger partial charge in [-0.2, -0.15) is 0 Å². The lowest BCUT2D eigenvalue weighted by Crippen LogP contribution is -2.37. The third-order valence-corrected chi connectivity index (χ3v) is 3.97. The summed E-state index contributed by atoms with van der Waals surface area (Å²) in [6.45, 7) is 2.16. The Hall–Kier alpha value is -2.40. The molecule has 25 heavy (non-hydrogen) atoms. The maximum Gasteiger partial charge on any atom is 0.263 e. The molecule has 2 aromatic carbocycles. The van der Waals surface area contributed by atoms with E-state index in [0.29, 0.717) is 28.8 Å². The number of nitrogens with zero attached hydrogens (tertiary/aromatic N) is 1. The van der Waals surface area contributed by atoms with Gasteiger partial charge in [-0.1, -0.05) is 17.7 Å². The van der Waals surface area contributed by atoms with Gasteiger partial charge in [0, 0.05) is 18.6 Å². The maximum atomic E-state index is 12.5. The number of ether oxygens (including phenoxy) is 3. The Morgan fingerprint density at radius 3 is 2.32 bits per heavy atom. The molecule has 0 radical (unpaired) electrons. The zero-order chi connectivity index (χ0) is 18.4. The second-order valence-electron chi connectivity index (χ2n) is 5.60. The topological polar surface area (TPSA) is 48.0 Å². The molecule has 0 N–H and O–H groups in total. The predicted octanol–water partition coefficient (Wildman–Crippen LogP) is 3.78. The largest absolute Gasteiger partial charge is 0.493 e.